The average Bonchev–Trinajstić information content (AvgIpc) is 2.91. The number of carboxylic acids is 1. The van der Waals surface area contributed by atoms with E-state index in [0.717, 1.165) is 44.9 Å². The topological polar surface area (TPSA) is 37.3 Å². The summed E-state index contributed by atoms with van der Waals surface area (Å²) in [6.45, 7) is 4.50. The van der Waals surface area contributed by atoms with E-state index in [9.17, 15) is 9.90 Å². The van der Waals surface area contributed by atoms with Gasteiger partial charge in [0.1, 0.15) is 0 Å². The summed E-state index contributed by atoms with van der Waals surface area (Å²) < 4.78 is 0. The smallest absolute Gasteiger partial charge is 0.306 e. The first kappa shape index (κ1) is 36.4. The van der Waals surface area contributed by atoms with Gasteiger partial charge in [0.15, 0.2) is 0 Å². The van der Waals surface area contributed by atoms with Crippen molar-refractivity contribution in [2.75, 3.05) is 0 Å². The second-order valence-corrected chi connectivity index (χ2v) is 11.1. The van der Waals surface area contributed by atoms with Crippen molar-refractivity contribution in [3.05, 3.63) is 48.6 Å². The maximum absolute atomic E-state index is 11.6. The van der Waals surface area contributed by atoms with Gasteiger partial charge in [0.05, 0.1) is 5.92 Å². The Labute approximate surface area is 238 Å². The molecule has 0 rings (SSSR count). The number of unbranched alkanes of at least 4 members (excludes halogenated alkanes) is 16. The Kier molecular flexibility index (Phi) is 30.3. The molecule has 0 fully saturated rings. The van der Waals surface area contributed by atoms with Crippen molar-refractivity contribution in [1.82, 2.24) is 0 Å². The Morgan fingerprint density at radius 2 is 0.789 bits per heavy atom. The number of carbonyl (C=O) groups is 1. The summed E-state index contributed by atoms with van der Waals surface area (Å²) in [5.74, 6) is -0.719. The molecule has 1 atom stereocenters. The van der Waals surface area contributed by atoms with Gasteiger partial charge in [-0.1, -0.05) is 140 Å². The van der Waals surface area contributed by atoms with Gasteiger partial charge in [0.2, 0.25) is 0 Å². The van der Waals surface area contributed by atoms with Crippen molar-refractivity contribution in [3.8, 4) is 0 Å². The average molecular weight is 529 g/mol. The lowest BCUT2D eigenvalue weighted by atomic mass is 9.94. The molecule has 0 aliphatic heterocycles. The largest absolute Gasteiger partial charge is 0.481 e. The highest BCUT2D eigenvalue weighted by atomic mass is 16.4. The highest BCUT2D eigenvalue weighted by Gasteiger charge is 2.16. The predicted octanol–water partition coefficient (Wildman–Crippen LogP) is 12.3. The van der Waals surface area contributed by atoms with Gasteiger partial charge in [-0.05, 0) is 77.0 Å². The quantitative estimate of drug-likeness (QED) is 0.0774. The molecule has 0 amide bonds. The summed E-state index contributed by atoms with van der Waals surface area (Å²) in [4.78, 5) is 11.6. The van der Waals surface area contributed by atoms with Crippen LogP contribution in [-0.2, 0) is 4.79 Å². The van der Waals surface area contributed by atoms with Gasteiger partial charge in [-0.2, -0.15) is 0 Å². The molecule has 0 saturated carbocycles. The van der Waals surface area contributed by atoms with Crippen LogP contribution in [0.15, 0.2) is 48.6 Å². The van der Waals surface area contributed by atoms with Crippen LogP contribution in [0.25, 0.3) is 0 Å². The summed E-state index contributed by atoms with van der Waals surface area (Å²) >= 11 is 0. The fourth-order valence-electron chi connectivity index (χ4n) is 4.80. The van der Waals surface area contributed by atoms with E-state index in [0.29, 0.717) is 0 Å². The maximum atomic E-state index is 11.6. The molecule has 220 valence electrons. The Morgan fingerprint density at radius 3 is 1.13 bits per heavy atom. The van der Waals surface area contributed by atoms with E-state index >= 15 is 0 Å². The van der Waals surface area contributed by atoms with Crippen molar-refractivity contribution in [1.29, 1.82) is 0 Å². The maximum Gasteiger partial charge on any atom is 0.306 e. The van der Waals surface area contributed by atoms with Crippen LogP contribution in [-0.4, -0.2) is 11.1 Å². The second-order valence-electron chi connectivity index (χ2n) is 11.1. The molecule has 1 unspecified atom stereocenters. The standard InChI is InChI=1S/C36H64O2/c1-3-5-7-9-11-13-15-17-19-20-22-24-26-28-30-32-34-35(36(37)38)33-31-29-27-25-23-21-18-16-14-12-10-8-6-4-2/h11-14,17-19,21,35H,3-10,15-16,20,22-34H2,1-2H3,(H,37,38)/b13-11-,14-12-,19-17-,21-18-. The molecule has 2 nitrogen and oxygen atoms in total. The SMILES string of the molecule is CCCCC/C=C\C/C=C\CCCCCCCCC(CCCCCC/C=C\C/C=C\CCCCC)C(=O)O. The molecule has 0 aromatic rings. The van der Waals surface area contributed by atoms with E-state index in [1.165, 1.54) is 109 Å². The number of rotatable bonds is 29. The third kappa shape index (κ3) is 29.0. The molecule has 0 spiro atoms. The summed E-state index contributed by atoms with van der Waals surface area (Å²) in [5.41, 5.74) is 0. The van der Waals surface area contributed by atoms with Gasteiger partial charge in [-0.15, -0.1) is 0 Å². The van der Waals surface area contributed by atoms with Crippen LogP contribution in [0.5, 0.6) is 0 Å². The van der Waals surface area contributed by atoms with Crippen LogP contribution < -0.4 is 0 Å². The summed E-state index contributed by atoms with van der Waals surface area (Å²) in [5, 5.41) is 9.58. The van der Waals surface area contributed by atoms with Gasteiger partial charge >= 0.3 is 5.97 Å². The molecule has 0 saturated heterocycles. The molecule has 38 heavy (non-hydrogen) atoms. The Hall–Kier alpha value is -1.57. The number of hydrogen-bond acceptors (Lipinski definition) is 1. The third-order valence-electron chi connectivity index (χ3n) is 7.36. The molecular weight excluding hydrogens is 464 g/mol. The molecule has 0 radical (unpaired) electrons. The van der Waals surface area contributed by atoms with Crippen LogP contribution in [0.1, 0.15) is 168 Å². The molecule has 0 aromatic heterocycles. The van der Waals surface area contributed by atoms with Crippen molar-refractivity contribution in [2.45, 2.75) is 168 Å². The van der Waals surface area contributed by atoms with Crippen molar-refractivity contribution in [3.63, 3.8) is 0 Å². The van der Waals surface area contributed by atoms with E-state index in [2.05, 4.69) is 62.5 Å². The van der Waals surface area contributed by atoms with Gasteiger partial charge in [0.25, 0.3) is 0 Å². The van der Waals surface area contributed by atoms with Crippen LogP contribution in [0, 0.1) is 5.92 Å². The van der Waals surface area contributed by atoms with E-state index in [4.69, 9.17) is 0 Å². The summed E-state index contributed by atoms with van der Waals surface area (Å²) in [6.07, 6.45) is 47.0. The normalized spacial score (nSPS) is 13.1. The molecule has 0 aliphatic carbocycles. The number of carboxylic acid groups (broad SMARTS) is 1. The fraction of sp³-hybridized carbons (Fsp3) is 0.750. The lowest BCUT2D eigenvalue weighted by Gasteiger charge is -2.12. The minimum Gasteiger partial charge on any atom is -0.481 e. The van der Waals surface area contributed by atoms with Crippen LogP contribution in [0.3, 0.4) is 0 Å². The first-order valence-corrected chi connectivity index (χ1v) is 16.5. The minimum absolute atomic E-state index is 0.134. The zero-order chi connectivity index (χ0) is 27.8. The molecule has 0 bridgehead atoms. The van der Waals surface area contributed by atoms with Gasteiger partial charge in [0, 0.05) is 0 Å². The molecule has 0 aromatic carbocycles. The Bertz CT molecular complexity index is 598. The Balaban J connectivity index is 3.56. The monoisotopic (exact) mass is 528 g/mol. The molecule has 1 N–H and O–H groups in total. The fourth-order valence-corrected chi connectivity index (χ4v) is 4.80. The third-order valence-corrected chi connectivity index (χ3v) is 7.36. The zero-order valence-corrected chi connectivity index (χ0v) is 25.5. The number of hydrogen-bond donors (Lipinski definition) is 1. The first-order valence-electron chi connectivity index (χ1n) is 16.5. The van der Waals surface area contributed by atoms with E-state index in [-0.39, 0.29) is 5.92 Å². The number of allylic oxidation sites excluding steroid dienone is 8. The van der Waals surface area contributed by atoms with Crippen molar-refractivity contribution in [2.24, 2.45) is 5.92 Å². The Morgan fingerprint density at radius 1 is 0.474 bits per heavy atom. The summed E-state index contributed by atoms with van der Waals surface area (Å²) in [6, 6.07) is 0. The van der Waals surface area contributed by atoms with E-state index in [1.807, 2.05) is 0 Å². The molecule has 2 heteroatoms. The van der Waals surface area contributed by atoms with Crippen molar-refractivity contribution < 1.29 is 9.90 Å². The predicted molar refractivity (Wildman–Crippen MR) is 170 cm³/mol. The second kappa shape index (κ2) is 31.6. The molecule has 0 aliphatic rings. The van der Waals surface area contributed by atoms with E-state index in [1.54, 1.807) is 0 Å². The highest BCUT2D eigenvalue weighted by Crippen LogP contribution is 2.19. The zero-order valence-electron chi connectivity index (χ0n) is 25.5. The van der Waals surface area contributed by atoms with E-state index < -0.39 is 5.97 Å². The van der Waals surface area contributed by atoms with Gasteiger partial charge in [-0.25, -0.2) is 0 Å². The van der Waals surface area contributed by atoms with Crippen LogP contribution in [0.2, 0.25) is 0 Å². The number of aliphatic carboxylic acids is 1. The lowest BCUT2D eigenvalue weighted by Crippen LogP contribution is -2.13. The summed E-state index contributed by atoms with van der Waals surface area (Å²) in [7, 11) is 0. The highest BCUT2D eigenvalue weighted by molar-refractivity contribution is 5.69. The van der Waals surface area contributed by atoms with Gasteiger partial charge in [-0.3, -0.25) is 4.79 Å². The lowest BCUT2D eigenvalue weighted by molar-refractivity contribution is -0.142. The molecule has 0 heterocycles. The van der Waals surface area contributed by atoms with Crippen molar-refractivity contribution >= 4 is 5.97 Å². The minimum atomic E-state index is -0.585. The van der Waals surface area contributed by atoms with Crippen LogP contribution >= 0.6 is 0 Å². The molecular formula is C36H64O2. The van der Waals surface area contributed by atoms with Gasteiger partial charge < -0.3 is 5.11 Å². The van der Waals surface area contributed by atoms with Crippen LogP contribution in [0.4, 0.5) is 0 Å². The first-order chi connectivity index (χ1) is 18.7.